The standard InChI is InChI=1S/C43H68O14/c1-38(2)26-9-12-43(7)34(23(46)17-21-22-18-40(4,37(52)53-8)14-13-39(22,3)15-16-42(21,43)6)41(26,5)11-10-27(38)56-36-33(31(50)29(48)25(20-45)55-36)57-35-32(51)30(49)28(47)24(19-44)54-35/h17,22,24-36,44-45,47-51H,9-16,18-20H2,1-8H3/t22-,24-,25-,26-,27+,28-,29-,30-,31+,32-,33-,34-,35-,36+,39+,40-,41-,42+,43+/m0/s1. The number of hydrogen-bond donors (Lipinski definition) is 7. The SMILES string of the molecule is COC(=O)[C@@]1(C)CC[C@]2(C)CC[C@]3(C)C(=CC(=O)[C@H]4[C@@]5(C)CC[C@@H](O[C@H]6O[C@@H](CO)[C@H](O)[C@@H](O)[C@@H]6O[C@@H]6O[C@@H](CO)[C@H](O)[C@H](O)[C@@H]6O)C(C)(C)[C@@H]5CC[C@]43C)[C@@H]2C1. The maximum absolute atomic E-state index is 14.9. The van der Waals surface area contributed by atoms with Crippen molar-refractivity contribution in [2.45, 2.75) is 174 Å². The van der Waals surface area contributed by atoms with E-state index in [1.54, 1.807) is 0 Å². The molecule has 2 saturated heterocycles. The molecule has 5 aliphatic carbocycles. The van der Waals surface area contributed by atoms with Crippen LogP contribution in [0.25, 0.3) is 0 Å². The lowest BCUT2D eigenvalue weighted by Gasteiger charge is -2.70. The lowest BCUT2D eigenvalue weighted by atomic mass is 9.33. The second kappa shape index (κ2) is 14.8. The highest BCUT2D eigenvalue weighted by molar-refractivity contribution is 5.95. The van der Waals surface area contributed by atoms with Gasteiger partial charge in [0.25, 0.3) is 0 Å². The summed E-state index contributed by atoms with van der Waals surface area (Å²) in [5.41, 5.74) is -0.876. The molecule has 7 N–H and O–H groups in total. The number of aliphatic hydroxyl groups is 7. The smallest absolute Gasteiger partial charge is 0.311 e. The number of ketones is 1. The maximum Gasteiger partial charge on any atom is 0.311 e. The molecule has 57 heavy (non-hydrogen) atoms. The predicted octanol–water partition coefficient (Wildman–Crippen LogP) is 2.15. The lowest BCUT2D eigenvalue weighted by molar-refractivity contribution is -0.378. The number of aliphatic hydroxyl groups excluding tert-OH is 7. The van der Waals surface area contributed by atoms with E-state index in [4.69, 9.17) is 23.7 Å². The lowest BCUT2D eigenvalue weighted by Crippen LogP contribution is -2.68. The van der Waals surface area contributed by atoms with Crippen molar-refractivity contribution in [1.29, 1.82) is 0 Å². The van der Waals surface area contributed by atoms with Gasteiger partial charge in [-0.2, -0.15) is 0 Å². The molecular formula is C43H68O14. The van der Waals surface area contributed by atoms with Gasteiger partial charge < -0.3 is 59.4 Å². The van der Waals surface area contributed by atoms with E-state index in [1.165, 1.54) is 12.7 Å². The Labute approximate surface area is 336 Å². The Hall–Kier alpha value is -1.56. The van der Waals surface area contributed by atoms with Gasteiger partial charge >= 0.3 is 5.97 Å². The number of allylic oxidation sites excluding steroid dienone is 2. The van der Waals surface area contributed by atoms with Gasteiger partial charge in [-0.25, -0.2) is 0 Å². The molecule has 6 fully saturated rings. The molecule has 7 rings (SSSR count). The number of carbonyl (C=O) groups excluding carboxylic acids is 2. The second-order valence-electron chi connectivity index (χ2n) is 20.7. The number of esters is 1. The van der Waals surface area contributed by atoms with Gasteiger partial charge in [-0.1, -0.05) is 47.1 Å². The summed E-state index contributed by atoms with van der Waals surface area (Å²) in [6.07, 6.45) is -6.64. The molecule has 14 nitrogen and oxygen atoms in total. The molecular weight excluding hydrogens is 740 g/mol. The Balaban J connectivity index is 1.16. The number of rotatable bonds is 7. The number of fused-ring (bicyclic) bond motifs is 7. The fourth-order valence-electron chi connectivity index (χ4n) is 13.6. The minimum absolute atomic E-state index is 0.00502. The molecule has 0 aromatic rings. The van der Waals surface area contributed by atoms with Crippen molar-refractivity contribution in [3.05, 3.63) is 11.6 Å². The van der Waals surface area contributed by atoms with E-state index in [0.29, 0.717) is 19.3 Å². The summed E-state index contributed by atoms with van der Waals surface area (Å²) in [7, 11) is 1.46. The van der Waals surface area contributed by atoms with Crippen molar-refractivity contribution in [2.75, 3.05) is 20.3 Å². The Bertz CT molecular complexity index is 1580. The summed E-state index contributed by atoms with van der Waals surface area (Å²) < 4.78 is 29.6. The molecule has 0 spiro atoms. The first-order chi connectivity index (χ1) is 26.6. The first-order valence-electron chi connectivity index (χ1n) is 21.1. The highest BCUT2D eigenvalue weighted by Gasteiger charge is 2.71. The van der Waals surface area contributed by atoms with E-state index in [9.17, 15) is 45.3 Å². The van der Waals surface area contributed by atoms with E-state index in [2.05, 4.69) is 41.5 Å². The van der Waals surface area contributed by atoms with Crippen molar-refractivity contribution in [3.63, 3.8) is 0 Å². The van der Waals surface area contributed by atoms with Crippen LogP contribution < -0.4 is 0 Å². The van der Waals surface area contributed by atoms with Crippen LogP contribution in [-0.4, -0.2) is 135 Å². The molecule has 0 radical (unpaired) electrons. The summed E-state index contributed by atoms with van der Waals surface area (Å²) in [5.74, 6) is -0.129. The topological polar surface area (TPSA) is 222 Å². The van der Waals surface area contributed by atoms with Crippen LogP contribution in [0.1, 0.15) is 106 Å². The summed E-state index contributed by atoms with van der Waals surface area (Å²) in [4.78, 5) is 28.0. The van der Waals surface area contributed by atoms with E-state index >= 15 is 0 Å². The largest absolute Gasteiger partial charge is 0.469 e. The van der Waals surface area contributed by atoms with Gasteiger partial charge in [0.05, 0.1) is 31.8 Å². The molecule has 19 atom stereocenters. The Kier molecular flexibility index (Phi) is 11.3. The third-order valence-corrected chi connectivity index (χ3v) is 17.5. The molecule has 2 aliphatic heterocycles. The fourth-order valence-corrected chi connectivity index (χ4v) is 13.6. The van der Waals surface area contributed by atoms with Crippen molar-refractivity contribution >= 4 is 11.8 Å². The van der Waals surface area contributed by atoms with Crippen LogP contribution in [0.2, 0.25) is 0 Å². The van der Waals surface area contributed by atoms with Crippen molar-refractivity contribution in [3.8, 4) is 0 Å². The van der Waals surface area contributed by atoms with Gasteiger partial charge in [0.15, 0.2) is 18.4 Å². The second-order valence-corrected chi connectivity index (χ2v) is 20.7. The maximum atomic E-state index is 14.9. The van der Waals surface area contributed by atoms with Gasteiger partial charge in [-0.15, -0.1) is 0 Å². The minimum atomic E-state index is -1.77. The zero-order chi connectivity index (χ0) is 41.8. The highest BCUT2D eigenvalue weighted by atomic mass is 16.8. The van der Waals surface area contributed by atoms with Crippen LogP contribution in [0.15, 0.2) is 11.6 Å². The average Bonchev–Trinajstić information content (AvgIpc) is 3.16. The van der Waals surface area contributed by atoms with Gasteiger partial charge in [-0.3, -0.25) is 9.59 Å². The minimum Gasteiger partial charge on any atom is -0.469 e. The molecule has 0 aromatic heterocycles. The number of methoxy groups -OCH3 is 1. The number of ether oxygens (including phenoxy) is 5. The van der Waals surface area contributed by atoms with Crippen LogP contribution in [-0.2, 0) is 33.3 Å². The van der Waals surface area contributed by atoms with Crippen molar-refractivity contribution in [1.82, 2.24) is 0 Å². The van der Waals surface area contributed by atoms with E-state index in [1.807, 2.05) is 13.0 Å². The molecule has 0 aromatic carbocycles. The molecule has 0 amide bonds. The first-order valence-corrected chi connectivity index (χ1v) is 21.1. The zero-order valence-electron chi connectivity index (χ0n) is 34.9. The van der Waals surface area contributed by atoms with Crippen molar-refractivity contribution < 1.29 is 69.0 Å². The molecule has 4 saturated carbocycles. The van der Waals surface area contributed by atoms with Crippen LogP contribution in [0, 0.1) is 50.2 Å². The summed E-state index contributed by atoms with van der Waals surface area (Å²) in [6.45, 7) is 14.3. The van der Waals surface area contributed by atoms with Gasteiger partial charge in [0.2, 0.25) is 0 Å². The normalized spacial score (nSPS) is 53.4. The number of hydrogen-bond acceptors (Lipinski definition) is 14. The first kappa shape index (κ1) is 43.5. The van der Waals surface area contributed by atoms with Gasteiger partial charge in [0, 0.05) is 5.92 Å². The molecule has 0 bridgehead atoms. The zero-order valence-corrected chi connectivity index (χ0v) is 34.9. The number of carbonyl (C=O) groups is 2. The van der Waals surface area contributed by atoms with Crippen LogP contribution >= 0.6 is 0 Å². The Morgan fingerprint density at radius 2 is 1.37 bits per heavy atom. The molecule has 7 aliphatic rings. The predicted molar refractivity (Wildman–Crippen MR) is 203 cm³/mol. The molecule has 324 valence electrons. The fraction of sp³-hybridized carbons (Fsp3) is 0.907. The average molecular weight is 809 g/mol. The summed E-state index contributed by atoms with van der Waals surface area (Å²) in [6, 6.07) is 0. The van der Waals surface area contributed by atoms with Crippen LogP contribution in [0.3, 0.4) is 0 Å². The molecule has 0 unspecified atom stereocenters. The Morgan fingerprint density at radius 3 is 2.00 bits per heavy atom. The third-order valence-electron chi connectivity index (χ3n) is 17.5. The highest BCUT2D eigenvalue weighted by Crippen LogP contribution is 2.75. The third kappa shape index (κ3) is 6.44. The molecule has 14 heteroatoms. The quantitative estimate of drug-likeness (QED) is 0.145. The van der Waals surface area contributed by atoms with E-state index < -0.39 is 97.0 Å². The van der Waals surface area contributed by atoms with Gasteiger partial charge in [0.1, 0.15) is 48.8 Å². The molecule has 2 heterocycles. The van der Waals surface area contributed by atoms with Gasteiger partial charge in [-0.05, 0) is 110 Å². The monoisotopic (exact) mass is 808 g/mol. The van der Waals surface area contributed by atoms with Crippen LogP contribution in [0.5, 0.6) is 0 Å². The van der Waals surface area contributed by atoms with Crippen LogP contribution in [0.4, 0.5) is 0 Å². The summed E-state index contributed by atoms with van der Waals surface area (Å²) >= 11 is 0. The Morgan fingerprint density at radius 1 is 0.754 bits per heavy atom. The van der Waals surface area contributed by atoms with Crippen molar-refractivity contribution in [2.24, 2.45) is 50.2 Å². The van der Waals surface area contributed by atoms with E-state index in [-0.39, 0.29) is 45.8 Å². The van der Waals surface area contributed by atoms with E-state index in [0.717, 1.165) is 38.5 Å². The summed E-state index contributed by atoms with van der Waals surface area (Å²) in [5, 5.41) is 73.4.